The molecule has 0 saturated carbocycles. The minimum absolute atomic E-state index is 0.0445. The lowest BCUT2D eigenvalue weighted by Crippen LogP contribution is -2.55. The molecule has 2 aliphatic rings. The van der Waals surface area contributed by atoms with Crippen LogP contribution in [0.2, 0.25) is 0 Å². The Morgan fingerprint density at radius 3 is 2.88 bits per heavy atom. The van der Waals surface area contributed by atoms with Crippen LogP contribution in [-0.2, 0) is 11.3 Å². The van der Waals surface area contributed by atoms with Crippen molar-refractivity contribution in [2.45, 2.75) is 43.9 Å². The van der Waals surface area contributed by atoms with Gasteiger partial charge in [-0.15, -0.1) is 0 Å². The minimum Gasteiger partial charge on any atom is -0.497 e. The number of nitrogens with zero attached hydrogens (tertiary/aromatic N) is 1. The number of hydrogen-bond acceptors (Lipinski definition) is 5. The summed E-state index contributed by atoms with van der Waals surface area (Å²) in [7, 11) is 1.64. The minimum atomic E-state index is -0.377. The summed E-state index contributed by atoms with van der Waals surface area (Å²) >= 11 is 0. The van der Waals surface area contributed by atoms with E-state index in [0.717, 1.165) is 67.6 Å². The zero-order valence-electron chi connectivity index (χ0n) is 15.2. The van der Waals surface area contributed by atoms with E-state index in [0.29, 0.717) is 6.54 Å². The molecule has 0 bridgehead atoms. The van der Waals surface area contributed by atoms with Crippen LogP contribution in [0.15, 0.2) is 29.1 Å². The third-order valence-electron chi connectivity index (χ3n) is 5.84. The summed E-state index contributed by atoms with van der Waals surface area (Å²) in [5, 5.41) is 11.3. The third kappa shape index (κ3) is 3.24. The highest BCUT2D eigenvalue weighted by atomic mass is 16.5. The number of pyridine rings is 1. The number of aliphatic hydroxyl groups is 1. The van der Waals surface area contributed by atoms with Gasteiger partial charge in [-0.2, -0.15) is 0 Å². The molecule has 2 fully saturated rings. The summed E-state index contributed by atoms with van der Waals surface area (Å²) in [6.07, 6.45) is 3.02. The molecule has 1 atom stereocenters. The van der Waals surface area contributed by atoms with Crippen LogP contribution in [0.25, 0.3) is 10.9 Å². The molecule has 4 rings (SSSR count). The molecule has 1 spiro atoms. The molecule has 26 heavy (non-hydrogen) atoms. The lowest BCUT2D eigenvalue weighted by atomic mass is 9.82. The first-order valence-corrected chi connectivity index (χ1v) is 9.34. The predicted octanol–water partition coefficient (Wildman–Crippen LogP) is 2.04. The summed E-state index contributed by atoms with van der Waals surface area (Å²) in [5.41, 5.74) is 1.15. The highest BCUT2D eigenvalue weighted by molar-refractivity contribution is 5.80. The molecule has 6 heteroatoms. The van der Waals surface area contributed by atoms with E-state index < -0.39 is 0 Å². The summed E-state index contributed by atoms with van der Waals surface area (Å²) in [5.74, 6) is 0.777. The number of ether oxygens (including phenoxy) is 2. The predicted molar refractivity (Wildman–Crippen MR) is 99.6 cm³/mol. The SMILES string of the molecule is COc1ccc2[nH]c(=O)c(CN3CCC4(CC3)OCCC[C@@H]4O)cc2c1. The van der Waals surface area contributed by atoms with E-state index in [1.807, 2.05) is 24.3 Å². The fourth-order valence-corrected chi connectivity index (χ4v) is 4.19. The highest BCUT2D eigenvalue weighted by Gasteiger charge is 2.43. The largest absolute Gasteiger partial charge is 0.497 e. The van der Waals surface area contributed by atoms with E-state index in [1.165, 1.54) is 0 Å². The molecule has 2 aromatic rings. The number of aromatic amines is 1. The molecule has 6 nitrogen and oxygen atoms in total. The molecule has 2 N–H and O–H groups in total. The van der Waals surface area contributed by atoms with Crippen molar-refractivity contribution in [3.8, 4) is 5.75 Å². The number of rotatable bonds is 3. The van der Waals surface area contributed by atoms with E-state index in [9.17, 15) is 9.90 Å². The van der Waals surface area contributed by atoms with Crippen molar-refractivity contribution < 1.29 is 14.6 Å². The molecule has 0 amide bonds. The van der Waals surface area contributed by atoms with Gasteiger partial charge in [0, 0.05) is 42.7 Å². The van der Waals surface area contributed by atoms with Crippen LogP contribution in [0.5, 0.6) is 5.75 Å². The maximum atomic E-state index is 12.4. The number of aliphatic hydroxyl groups excluding tert-OH is 1. The van der Waals surface area contributed by atoms with Gasteiger partial charge in [0.15, 0.2) is 0 Å². The third-order valence-corrected chi connectivity index (χ3v) is 5.84. The Morgan fingerprint density at radius 1 is 1.35 bits per heavy atom. The Morgan fingerprint density at radius 2 is 2.15 bits per heavy atom. The van der Waals surface area contributed by atoms with E-state index in [1.54, 1.807) is 7.11 Å². The highest BCUT2D eigenvalue weighted by Crippen LogP contribution is 2.35. The van der Waals surface area contributed by atoms with E-state index in [-0.39, 0.29) is 17.3 Å². The summed E-state index contributed by atoms with van der Waals surface area (Å²) < 4.78 is 11.2. The number of benzene rings is 1. The monoisotopic (exact) mass is 358 g/mol. The van der Waals surface area contributed by atoms with E-state index >= 15 is 0 Å². The van der Waals surface area contributed by atoms with Gasteiger partial charge >= 0.3 is 0 Å². The second kappa shape index (κ2) is 7.02. The number of fused-ring (bicyclic) bond motifs is 1. The fourth-order valence-electron chi connectivity index (χ4n) is 4.19. The summed E-state index contributed by atoms with van der Waals surface area (Å²) in [6, 6.07) is 7.60. The number of methoxy groups -OCH3 is 1. The Kier molecular flexibility index (Phi) is 4.73. The molecule has 2 aliphatic heterocycles. The number of piperidine rings is 1. The average Bonchev–Trinajstić information content (AvgIpc) is 2.66. The zero-order valence-corrected chi connectivity index (χ0v) is 15.2. The number of H-pyrrole nitrogens is 1. The lowest BCUT2D eigenvalue weighted by Gasteiger charge is -2.46. The Labute approximate surface area is 152 Å². The van der Waals surface area contributed by atoms with Crippen molar-refractivity contribution >= 4 is 10.9 Å². The molecule has 1 aromatic carbocycles. The fraction of sp³-hybridized carbons (Fsp3) is 0.550. The Balaban J connectivity index is 1.49. The Bertz CT molecular complexity index is 839. The van der Waals surface area contributed by atoms with Crippen LogP contribution in [0.3, 0.4) is 0 Å². The van der Waals surface area contributed by atoms with Gasteiger partial charge in [0.05, 0.1) is 18.8 Å². The maximum absolute atomic E-state index is 12.4. The molecule has 0 radical (unpaired) electrons. The van der Waals surface area contributed by atoms with Crippen molar-refractivity contribution in [2.24, 2.45) is 0 Å². The number of nitrogens with one attached hydrogen (secondary N) is 1. The van der Waals surface area contributed by atoms with Crippen molar-refractivity contribution in [3.63, 3.8) is 0 Å². The molecular formula is C20H26N2O4. The van der Waals surface area contributed by atoms with Crippen molar-refractivity contribution in [3.05, 3.63) is 40.2 Å². The lowest BCUT2D eigenvalue weighted by molar-refractivity contribution is -0.177. The van der Waals surface area contributed by atoms with Gasteiger partial charge < -0.3 is 19.6 Å². The molecule has 2 saturated heterocycles. The quantitative estimate of drug-likeness (QED) is 0.878. The van der Waals surface area contributed by atoms with Crippen molar-refractivity contribution in [1.82, 2.24) is 9.88 Å². The summed E-state index contributed by atoms with van der Waals surface area (Å²) in [4.78, 5) is 17.7. The van der Waals surface area contributed by atoms with Crippen molar-refractivity contribution in [2.75, 3.05) is 26.8 Å². The molecule has 1 aromatic heterocycles. The van der Waals surface area contributed by atoms with E-state index in [2.05, 4.69) is 9.88 Å². The van der Waals surface area contributed by atoms with Gasteiger partial charge in [0.1, 0.15) is 5.75 Å². The van der Waals surface area contributed by atoms with Crippen LogP contribution < -0.4 is 10.3 Å². The molecule has 140 valence electrons. The van der Waals surface area contributed by atoms with Crippen LogP contribution >= 0.6 is 0 Å². The normalized spacial score (nSPS) is 23.4. The first-order valence-electron chi connectivity index (χ1n) is 9.34. The first kappa shape index (κ1) is 17.5. The summed E-state index contributed by atoms with van der Waals surface area (Å²) in [6.45, 7) is 3.00. The second-order valence-electron chi connectivity index (χ2n) is 7.42. The van der Waals surface area contributed by atoms with Gasteiger partial charge in [-0.05, 0) is 49.9 Å². The maximum Gasteiger partial charge on any atom is 0.252 e. The zero-order chi connectivity index (χ0) is 18.1. The topological polar surface area (TPSA) is 74.8 Å². The van der Waals surface area contributed by atoms with Gasteiger partial charge in [0.2, 0.25) is 0 Å². The molecular weight excluding hydrogens is 332 g/mol. The molecule has 0 unspecified atom stereocenters. The smallest absolute Gasteiger partial charge is 0.252 e. The van der Waals surface area contributed by atoms with Crippen LogP contribution in [0.4, 0.5) is 0 Å². The standard InChI is InChI=1S/C20H26N2O4/c1-25-16-4-5-17-14(12-16)11-15(19(24)21-17)13-22-8-6-20(7-9-22)18(23)3-2-10-26-20/h4-5,11-12,18,23H,2-3,6-10,13H2,1H3,(H,21,24)/t18-/m0/s1. The van der Waals surface area contributed by atoms with Gasteiger partial charge in [0.25, 0.3) is 5.56 Å². The van der Waals surface area contributed by atoms with Crippen LogP contribution in [0.1, 0.15) is 31.2 Å². The van der Waals surface area contributed by atoms with Crippen LogP contribution in [0, 0.1) is 0 Å². The van der Waals surface area contributed by atoms with Gasteiger partial charge in [-0.25, -0.2) is 0 Å². The number of hydrogen-bond donors (Lipinski definition) is 2. The Hall–Kier alpha value is -1.89. The second-order valence-corrected chi connectivity index (χ2v) is 7.42. The van der Waals surface area contributed by atoms with E-state index in [4.69, 9.17) is 9.47 Å². The van der Waals surface area contributed by atoms with Crippen molar-refractivity contribution in [1.29, 1.82) is 0 Å². The number of likely N-dealkylation sites (tertiary alicyclic amines) is 1. The molecule has 0 aliphatic carbocycles. The van der Waals surface area contributed by atoms with Crippen LogP contribution in [-0.4, -0.2) is 53.5 Å². The first-order chi connectivity index (χ1) is 12.6. The van der Waals surface area contributed by atoms with Gasteiger partial charge in [-0.3, -0.25) is 9.69 Å². The van der Waals surface area contributed by atoms with Gasteiger partial charge in [-0.1, -0.05) is 0 Å². The molecule has 3 heterocycles. The number of aromatic nitrogens is 1. The average molecular weight is 358 g/mol.